The van der Waals surface area contributed by atoms with Gasteiger partial charge in [0.2, 0.25) is 0 Å². The summed E-state index contributed by atoms with van der Waals surface area (Å²) in [4.78, 5) is 0.0785. The van der Waals surface area contributed by atoms with Gasteiger partial charge >= 0.3 is 0 Å². The molecule has 0 saturated carbocycles. The number of fused-ring (bicyclic) bond motifs is 1. The summed E-state index contributed by atoms with van der Waals surface area (Å²) >= 11 is 0. The Hall–Kier alpha value is -1.07. The number of rotatable bonds is 1. The van der Waals surface area contributed by atoms with Crippen LogP contribution in [0.25, 0.3) is 10.9 Å². The third-order valence-corrected chi connectivity index (χ3v) is 3.74. The third kappa shape index (κ3) is 1.72. The van der Waals surface area contributed by atoms with E-state index in [0.717, 1.165) is 11.1 Å². The minimum Gasteiger partial charge on any atom is -0.272 e. The predicted octanol–water partition coefficient (Wildman–Crippen LogP) is 1.81. The van der Waals surface area contributed by atoms with Crippen LogP contribution in [0.1, 0.15) is 5.69 Å². The van der Waals surface area contributed by atoms with E-state index in [0.29, 0.717) is 5.52 Å². The number of aromatic nitrogens is 2. The zero-order valence-corrected chi connectivity index (χ0v) is 9.80. The van der Waals surface area contributed by atoms with Crippen LogP contribution < -0.4 is 0 Å². The maximum Gasteiger partial charge on any atom is 0.261 e. The monoisotopic (exact) mass is 244 g/mol. The van der Waals surface area contributed by atoms with Crippen molar-refractivity contribution in [3.63, 3.8) is 0 Å². The van der Waals surface area contributed by atoms with Crippen molar-refractivity contribution >= 4 is 30.6 Å². The largest absolute Gasteiger partial charge is 0.272 e. The van der Waals surface area contributed by atoms with E-state index in [2.05, 4.69) is 5.10 Å². The Morgan fingerprint density at radius 3 is 2.67 bits per heavy atom. The van der Waals surface area contributed by atoms with E-state index in [1.165, 1.54) is 12.1 Å². The Morgan fingerprint density at radius 2 is 2.07 bits per heavy atom. The third-order valence-electron chi connectivity index (χ3n) is 2.38. The van der Waals surface area contributed by atoms with Crippen LogP contribution in [-0.4, -0.2) is 18.2 Å². The highest BCUT2D eigenvalue weighted by atomic mass is 35.7. The van der Waals surface area contributed by atoms with Crippen molar-refractivity contribution in [1.82, 2.24) is 9.78 Å². The van der Waals surface area contributed by atoms with E-state index in [-0.39, 0.29) is 4.90 Å². The predicted molar refractivity (Wildman–Crippen MR) is 58.5 cm³/mol. The highest BCUT2D eigenvalue weighted by Crippen LogP contribution is 2.22. The van der Waals surface area contributed by atoms with E-state index >= 15 is 0 Å². The highest BCUT2D eigenvalue weighted by molar-refractivity contribution is 8.13. The molecule has 1 aromatic heterocycles. The summed E-state index contributed by atoms with van der Waals surface area (Å²) in [5, 5.41) is 5.11. The average molecular weight is 245 g/mol. The molecule has 0 unspecified atom stereocenters. The van der Waals surface area contributed by atoms with Gasteiger partial charge < -0.3 is 0 Å². The van der Waals surface area contributed by atoms with Crippen molar-refractivity contribution in [2.75, 3.05) is 0 Å². The Bertz CT molecular complexity index is 631. The summed E-state index contributed by atoms with van der Waals surface area (Å²) in [5.74, 6) is 0. The van der Waals surface area contributed by atoms with Crippen molar-refractivity contribution < 1.29 is 8.42 Å². The van der Waals surface area contributed by atoms with Crippen LogP contribution in [0, 0.1) is 6.92 Å². The summed E-state index contributed by atoms with van der Waals surface area (Å²) in [6.45, 7) is 1.92. The Kier molecular flexibility index (Phi) is 2.24. The van der Waals surface area contributed by atoms with Gasteiger partial charge in [0.1, 0.15) is 0 Å². The Labute approximate surface area is 91.9 Å². The quantitative estimate of drug-likeness (QED) is 0.719. The minimum atomic E-state index is -3.67. The van der Waals surface area contributed by atoms with Crippen molar-refractivity contribution in [3.8, 4) is 0 Å². The number of halogens is 1. The fourth-order valence-electron chi connectivity index (χ4n) is 1.46. The molecule has 0 aliphatic heterocycles. The first kappa shape index (κ1) is 10.4. The summed E-state index contributed by atoms with van der Waals surface area (Å²) in [5.41, 5.74) is 1.63. The lowest BCUT2D eigenvalue weighted by Crippen LogP contribution is -1.91. The molecule has 2 aromatic rings. The Balaban J connectivity index is 2.78. The molecule has 1 aromatic carbocycles. The number of nitrogens with zero attached hydrogens (tertiary/aromatic N) is 2. The normalized spacial score (nSPS) is 12.2. The average Bonchev–Trinajstić information content (AvgIpc) is 2.41. The van der Waals surface area contributed by atoms with Crippen LogP contribution in [0.5, 0.6) is 0 Å². The molecule has 0 atom stereocenters. The molecule has 2 rings (SSSR count). The maximum atomic E-state index is 11.1. The standard InChI is InChI=1S/C9H9ClN2O2S/c1-6-8-4-3-7(15(10,13)14)5-9(8)11-12(6)2/h3-5H,1-2H3. The smallest absolute Gasteiger partial charge is 0.261 e. The first-order chi connectivity index (χ1) is 6.89. The molecule has 0 radical (unpaired) electrons. The second-order valence-corrected chi connectivity index (χ2v) is 5.89. The second-order valence-electron chi connectivity index (χ2n) is 3.33. The van der Waals surface area contributed by atoms with Crippen molar-refractivity contribution in [1.29, 1.82) is 0 Å². The van der Waals surface area contributed by atoms with Crippen LogP contribution in [0.15, 0.2) is 23.1 Å². The molecule has 6 heteroatoms. The lowest BCUT2D eigenvalue weighted by molar-refractivity contribution is 0.609. The topological polar surface area (TPSA) is 52.0 Å². The molecule has 0 N–H and O–H groups in total. The van der Waals surface area contributed by atoms with E-state index in [9.17, 15) is 8.42 Å². The van der Waals surface area contributed by atoms with Gasteiger partial charge in [0.15, 0.2) is 0 Å². The molecule has 0 amide bonds. The first-order valence-electron chi connectivity index (χ1n) is 4.27. The van der Waals surface area contributed by atoms with Crippen LogP contribution in [0.2, 0.25) is 0 Å². The van der Waals surface area contributed by atoms with Gasteiger partial charge in [-0.3, -0.25) is 4.68 Å². The molecule has 1 heterocycles. The lowest BCUT2D eigenvalue weighted by atomic mass is 10.2. The molecule has 4 nitrogen and oxygen atoms in total. The van der Waals surface area contributed by atoms with Crippen LogP contribution >= 0.6 is 10.7 Å². The first-order valence-corrected chi connectivity index (χ1v) is 6.58. The number of hydrogen-bond donors (Lipinski definition) is 0. The fraction of sp³-hybridized carbons (Fsp3) is 0.222. The molecule has 0 saturated heterocycles. The van der Waals surface area contributed by atoms with E-state index in [1.807, 2.05) is 14.0 Å². The number of aryl methyl sites for hydroxylation is 2. The SMILES string of the molecule is Cc1c2ccc(S(=O)(=O)Cl)cc2nn1C. The molecule has 0 bridgehead atoms. The summed E-state index contributed by atoms with van der Waals surface area (Å²) in [6.07, 6.45) is 0. The van der Waals surface area contributed by atoms with E-state index in [4.69, 9.17) is 10.7 Å². The minimum absolute atomic E-state index is 0.0785. The van der Waals surface area contributed by atoms with Gasteiger partial charge in [-0.25, -0.2) is 8.42 Å². The van der Waals surface area contributed by atoms with Crippen molar-refractivity contribution in [2.45, 2.75) is 11.8 Å². The van der Waals surface area contributed by atoms with Gasteiger partial charge in [-0.05, 0) is 25.1 Å². The van der Waals surface area contributed by atoms with Gasteiger partial charge in [0.05, 0.1) is 10.4 Å². The van der Waals surface area contributed by atoms with Gasteiger partial charge in [0, 0.05) is 28.8 Å². The van der Waals surface area contributed by atoms with Gasteiger partial charge in [-0.15, -0.1) is 0 Å². The molecule has 0 spiro atoms. The molecular weight excluding hydrogens is 236 g/mol. The van der Waals surface area contributed by atoms with Gasteiger partial charge in [-0.2, -0.15) is 5.10 Å². The van der Waals surface area contributed by atoms with Crippen molar-refractivity contribution in [3.05, 3.63) is 23.9 Å². The molecule has 80 valence electrons. The molecular formula is C9H9ClN2O2S. The zero-order chi connectivity index (χ0) is 11.2. The summed E-state index contributed by atoms with van der Waals surface area (Å²) < 4.78 is 23.9. The molecule has 0 fully saturated rings. The second kappa shape index (κ2) is 3.21. The number of benzene rings is 1. The van der Waals surface area contributed by atoms with Gasteiger partial charge in [-0.1, -0.05) is 0 Å². The number of hydrogen-bond acceptors (Lipinski definition) is 3. The molecule has 15 heavy (non-hydrogen) atoms. The van der Waals surface area contributed by atoms with Crippen LogP contribution in [0.3, 0.4) is 0 Å². The van der Waals surface area contributed by atoms with Crippen LogP contribution in [0.4, 0.5) is 0 Å². The van der Waals surface area contributed by atoms with Gasteiger partial charge in [0.25, 0.3) is 9.05 Å². The summed E-state index contributed by atoms with van der Waals surface area (Å²) in [7, 11) is 3.38. The highest BCUT2D eigenvalue weighted by Gasteiger charge is 2.12. The molecule has 0 aliphatic rings. The fourth-order valence-corrected chi connectivity index (χ4v) is 2.23. The Morgan fingerprint density at radius 1 is 1.40 bits per heavy atom. The van der Waals surface area contributed by atoms with E-state index in [1.54, 1.807) is 10.7 Å². The van der Waals surface area contributed by atoms with E-state index < -0.39 is 9.05 Å². The lowest BCUT2D eigenvalue weighted by Gasteiger charge is -1.95. The summed E-state index contributed by atoms with van der Waals surface area (Å²) in [6, 6.07) is 4.68. The van der Waals surface area contributed by atoms with Crippen LogP contribution in [-0.2, 0) is 16.1 Å². The molecule has 0 aliphatic carbocycles. The zero-order valence-electron chi connectivity index (χ0n) is 8.23. The maximum absolute atomic E-state index is 11.1. The van der Waals surface area contributed by atoms with Crippen molar-refractivity contribution in [2.24, 2.45) is 7.05 Å².